The Hall–Kier alpha value is -2.72. The van der Waals surface area contributed by atoms with Crippen molar-refractivity contribution in [2.24, 2.45) is 0 Å². The van der Waals surface area contributed by atoms with Crippen LogP contribution in [0.25, 0.3) is 33.6 Å². The number of furan rings is 1. The maximum absolute atomic E-state index is 11.8. The number of rotatable bonds is 3. The van der Waals surface area contributed by atoms with Crippen molar-refractivity contribution in [1.82, 2.24) is 0 Å². The molecule has 2 aromatic carbocycles. The van der Waals surface area contributed by atoms with E-state index in [1.54, 1.807) is 17.8 Å². The monoisotopic (exact) mass is 334 g/mol. The molecule has 0 amide bonds. The van der Waals surface area contributed by atoms with Gasteiger partial charge in [0, 0.05) is 27.5 Å². The van der Waals surface area contributed by atoms with Crippen LogP contribution in [0, 0.1) is 0 Å². The summed E-state index contributed by atoms with van der Waals surface area (Å²) < 4.78 is 11.2. The van der Waals surface area contributed by atoms with Gasteiger partial charge in [0.1, 0.15) is 17.1 Å². The zero-order valence-corrected chi connectivity index (χ0v) is 13.8. The van der Waals surface area contributed by atoms with Crippen LogP contribution in [0.15, 0.2) is 85.3 Å². The van der Waals surface area contributed by atoms with Gasteiger partial charge in [-0.05, 0) is 36.6 Å². The molecule has 4 rings (SSSR count). The molecular weight excluding hydrogens is 320 g/mol. The predicted octanol–water partition coefficient (Wildman–Crippen LogP) is 5.44. The average Bonchev–Trinajstić information content (AvgIpc) is 3.11. The first kappa shape index (κ1) is 14.8. The second-order valence-electron chi connectivity index (χ2n) is 5.37. The van der Waals surface area contributed by atoms with Crippen molar-refractivity contribution in [3.63, 3.8) is 0 Å². The largest absolute Gasteiger partial charge is 0.456 e. The molecule has 0 saturated heterocycles. The van der Waals surface area contributed by atoms with Gasteiger partial charge in [-0.3, -0.25) is 0 Å². The summed E-state index contributed by atoms with van der Waals surface area (Å²) in [7, 11) is 0. The van der Waals surface area contributed by atoms with E-state index in [-0.39, 0.29) is 5.63 Å². The number of thioether (sulfide) groups is 1. The summed E-state index contributed by atoms with van der Waals surface area (Å²) in [6.07, 6.45) is 2.05. The Kier molecular flexibility index (Phi) is 3.75. The molecule has 3 nitrogen and oxygen atoms in total. The molecule has 2 aromatic heterocycles. The normalized spacial score (nSPS) is 11.0. The molecule has 0 unspecified atom stereocenters. The predicted molar refractivity (Wildman–Crippen MR) is 97.4 cm³/mol. The highest BCUT2D eigenvalue weighted by atomic mass is 32.2. The lowest BCUT2D eigenvalue weighted by atomic mass is 10.1. The molecule has 0 atom stereocenters. The molecule has 0 radical (unpaired) electrons. The minimum absolute atomic E-state index is 0.383. The number of fused-ring (bicyclic) bond motifs is 1. The van der Waals surface area contributed by atoms with Gasteiger partial charge >= 0.3 is 5.63 Å². The van der Waals surface area contributed by atoms with E-state index in [1.807, 2.05) is 48.7 Å². The molecule has 118 valence electrons. The van der Waals surface area contributed by atoms with Crippen LogP contribution in [0.1, 0.15) is 0 Å². The van der Waals surface area contributed by atoms with Crippen molar-refractivity contribution in [3.8, 4) is 22.6 Å². The molecule has 0 saturated carbocycles. The quantitative estimate of drug-likeness (QED) is 0.369. The Morgan fingerprint density at radius 2 is 1.58 bits per heavy atom. The fourth-order valence-corrected chi connectivity index (χ4v) is 3.12. The van der Waals surface area contributed by atoms with Gasteiger partial charge in [-0.25, -0.2) is 4.79 Å². The Bertz CT molecular complexity index is 1060. The van der Waals surface area contributed by atoms with E-state index in [1.165, 1.54) is 11.0 Å². The van der Waals surface area contributed by atoms with Crippen molar-refractivity contribution in [2.75, 3.05) is 6.26 Å². The maximum atomic E-state index is 11.8. The van der Waals surface area contributed by atoms with E-state index < -0.39 is 0 Å². The summed E-state index contributed by atoms with van der Waals surface area (Å²) in [5.41, 5.74) is 1.92. The van der Waals surface area contributed by atoms with Gasteiger partial charge in [0.05, 0.1) is 0 Å². The minimum atomic E-state index is -0.383. The Labute approximate surface area is 142 Å². The first-order valence-electron chi connectivity index (χ1n) is 7.52. The second-order valence-corrected chi connectivity index (χ2v) is 6.25. The van der Waals surface area contributed by atoms with Gasteiger partial charge in [-0.15, -0.1) is 11.8 Å². The molecule has 4 aromatic rings. The van der Waals surface area contributed by atoms with Crippen LogP contribution in [0.5, 0.6) is 0 Å². The van der Waals surface area contributed by atoms with Crippen molar-refractivity contribution >= 4 is 22.7 Å². The number of benzene rings is 2. The second kappa shape index (κ2) is 6.06. The fraction of sp³-hybridized carbons (Fsp3) is 0.0500. The molecule has 0 fully saturated rings. The third kappa shape index (κ3) is 2.65. The van der Waals surface area contributed by atoms with Gasteiger partial charge in [0.25, 0.3) is 0 Å². The lowest BCUT2D eigenvalue weighted by Crippen LogP contribution is -1.97. The van der Waals surface area contributed by atoms with E-state index in [0.717, 1.165) is 22.3 Å². The minimum Gasteiger partial charge on any atom is -0.456 e. The maximum Gasteiger partial charge on any atom is 0.336 e. The van der Waals surface area contributed by atoms with E-state index in [0.29, 0.717) is 11.3 Å². The van der Waals surface area contributed by atoms with E-state index in [9.17, 15) is 4.79 Å². The highest BCUT2D eigenvalue weighted by Crippen LogP contribution is 2.32. The Morgan fingerprint density at radius 1 is 0.833 bits per heavy atom. The molecule has 2 heterocycles. The molecule has 24 heavy (non-hydrogen) atoms. The van der Waals surface area contributed by atoms with Crippen LogP contribution in [-0.2, 0) is 0 Å². The lowest BCUT2D eigenvalue weighted by Gasteiger charge is -2.03. The van der Waals surface area contributed by atoms with Crippen LogP contribution in [0.2, 0.25) is 0 Å². The number of para-hydroxylation sites is 1. The summed E-state index contributed by atoms with van der Waals surface area (Å²) in [6, 6.07) is 20.9. The first-order chi connectivity index (χ1) is 11.7. The summed E-state index contributed by atoms with van der Waals surface area (Å²) in [5, 5.41) is 0.857. The van der Waals surface area contributed by atoms with Gasteiger partial charge in [0.2, 0.25) is 0 Å². The number of hydrogen-bond donors (Lipinski definition) is 0. The average molecular weight is 334 g/mol. The van der Waals surface area contributed by atoms with Crippen LogP contribution >= 0.6 is 11.8 Å². The van der Waals surface area contributed by atoms with Crippen molar-refractivity contribution < 1.29 is 8.83 Å². The van der Waals surface area contributed by atoms with E-state index in [4.69, 9.17) is 8.83 Å². The molecule has 0 spiro atoms. The van der Waals surface area contributed by atoms with Gasteiger partial charge in [0.15, 0.2) is 0 Å². The summed E-state index contributed by atoms with van der Waals surface area (Å²) in [6.45, 7) is 0. The Morgan fingerprint density at radius 3 is 2.38 bits per heavy atom. The molecule has 4 heteroatoms. The van der Waals surface area contributed by atoms with Crippen LogP contribution in [-0.4, -0.2) is 6.26 Å². The highest BCUT2D eigenvalue weighted by Gasteiger charge is 2.12. The summed E-state index contributed by atoms with van der Waals surface area (Å²) in [4.78, 5) is 13.0. The standard InChI is InChI=1S/C20H14O3S/c1-24-14-8-6-13(7-9-14)17-10-11-19(22-17)16-12-20(21)23-18-5-3-2-4-15(16)18/h2-12H,1H3. The van der Waals surface area contributed by atoms with Crippen LogP contribution in [0.4, 0.5) is 0 Å². The van der Waals surface area contributed by atoms with Crippen molar-refractivity contribution in [1.29, 1.82) is 0 Å². The molecule has 0 aliphatic heterocycles. The van der Waals surface area contributed by atoms with Crippen LogP contribution < -0.4 is 5.63 Å². The third-order valence-electron chi connectivity index (χ3n) is 3.90. The topological polar surface area (TPSA) is 43.4 Å². The zero-order valence-electron chi connectivity index (χ0n) is 13.0. The van der Waals surface area contributed by atoms with Gasteiger partial charge < -0.3 is 8.83 Å². The van der Waals surface area contributed by atoms with Crippen molar-refractivity contribution in [3.05, 3.63) is 77.2 Å². The Balaban J connectivity index is 1.81. The van der Waals surface area contributed by atoms with Gasteiger partial charge in [-0.1, -0.05) is 30.3 Å². The van der Waals surface area contributed by atoms with Gasteiger partial charge in [-0.2, -0.15) is 0 Å². The van der Waals surface area contributed by atoms with E-state index >= 15 is 0 Å². The SMILES string of the molecule is CSc1ccc(-c2ccc(-c3cc(=O)oc4ccccc34)o2)cc1. The smallest absolute Gasteiger partial charge is 0.336 e. The summed E-state index contributed by atoms with van der Waals surface area (Å²) >= 11 is 1.70. The summed E-state index contributed by atoms with van der Waals surface area (Å²) in [5.74, 6) is 1.43. The molecule has 0 bridgehead atoms. The van der Waals surface area contributed by atoms with Crippen molar-refractivity contribution in [2.45, 2.75) is 4.90 Å². The molecule has 0 N–H and O–H groups in total. The first-order valence-corrected chi connectivity index (χ1v) is 8.74. The molecule has 0 aliphatic rings. The highest BCUT2D eigenvalue weighted by molar-refractivity contribution is 7.98. The fourth-order valence-electron chi connectivity index (χ4n) is 2.71. The molecular formula is C20H14O3S. The lowest BCUT2D eigenvalue weighted by molar-refractivity contribution is 0.558. The molecule has 0 aliphatic carbocycles. The van der Waals surface area contributed by atoms with Crippen LogP contribution in [0.3, 0.4) is 0 Å². The zero-order chi connectivity index (χ0) is 16.5. The third-order valence-corrected chi connectivity index (χ3v) is 4.64. The number of hydrogen-bond acceptors (Lipinski definition) is 4. The van der Waals surface area contributed by atoms with E-state index in [2.05, 4.69) is 12.1 Å².